The molecule has 5 rings (SSSR count). The summed E-state index contributed by atoms with van der Waals surface area (Å²) in [6, 6.07) is 14.9. The van der Waals surface area contributed by atoms with Crippen molar-refractivity contribution in [2.75, 3.05) is 52.9 Å². The molecule has 1 fully saturated rings. The number of benzene rings is 2. The van der Waals surface area contributed by atoms with Crippen molar-refractivity contribution in [3.05, 3.63) is 59.2 Å². The van der Waals surface area contributed by atoms with E-state index in [1.165, 1.54) is 23.1 Å². The number of piperidine rings is 1. The van der Waals surface area contributed by atoms with Gasteiger partial charge in [-0.1, -0.05) is 30.3 Å². The van der Waals surface area contributed by atoms with Gasteiger partial charge < -0.3 is 19.5 Å². The summed E-state index contributed by atoms with van der Waals surface area (Å²) in [7, 11) is 2.16. The molecule has 0 spiro atoms. The molecule has 6 heteroatoms. The lowest BCUT2D eigenvalue weighted by atomic mass is 10.00. The Bertz CT molecular complexity index is 937. The zero-order valence-corrected chi connectivity index (χ0v) is 19.8. The van der Waals surface area contributed by atoms with Gasteiger partial charge in [0.05, 0.1) is 6.10 Å². The molecule has 178 valence electrons. The third-order valence-corrected chi connectivity index (χ3v) is 7.13. The molecule has 2 atom stereocenters. The first-order valence-corrected chi connectivity index (χ1v) is 12.4. The minimum absolute atomic E-state index is 0.251. The van der Waals surface area contributed by atoms with Crippen LogP contribution in [0.5, 0.6) is 11.5 Å². The number of likely N-dealkylation sites (N-methyl/N-ethyl adjacent to an activating group) is 1. The molecule has 1 unspecified atom stereocenters. The van der Waals surface area contributed by atoms with Gasteiger partial charge in [0, 0.05) is 57.4 Å². The van der Waals surface area contributed by atoms with Crippen LogP contribution in [0, 0.1) is 0 Å². The molecule has 0 aromatic heterocycles. The fourth-order valence-corrected chi connectivity index (χ4v) is 5.41. The molecule has 0 amide bonds. The van der Waals surface area contributed by atoms with Crippen LogP contribution in [-0.4, -0.2) is 84.9 Å². The average molecular weight is 452 g/mol. The lowest BCUT2D eigenvalue weighted by Gasteiger charge is -2.32. The number of β-amino-alcohol motifs (C(OH)–C–C–N with tert-alkyl or cyclic N) is 1. The Morgan fingerprint density at radius 3 is 2.64 bits per heavy atom. The van der Waals surface area contributed by atoms with Gasteiger partial charge in [0.25, 0.3) is 0 Å². The quantitative estimate of drug-likeness (QED) is 0.729. The number of likely N-dealkylation sites (tertiary alicyclic amines) is 1. The molecular formula is C27H37N3O3. The molecule has 3 aliphatic heterocycles. The molecular weight excluding hydrogens is 414 g/mol. The molecule has 3 heterocycles. The van der Waals surface area contributed by atoms with E-state index >= 15 is 0 Å². The highest BCUT2D eigenvalue weighted by atomic mass is 16.5. The predicted molar refractivity (Wildman–Crippen MR) is 130 cm³/mol. The van der Waals surface area contributed by atoms with Crippen LogP contribution in [0.3, 0.4) is 0 Å². The summed E-state index contributed by atoms with van der Waals surface area (Å²) in [4.78, 5) is 7.02. The van der Waals surface area contributed by atoms with Crippen molar-refractivity contribution in [1.29, 1.82) is 0 Å². The highest BCUT2D eigenvalue weighted by Crippen LogP contribution is 2.29. The first-order valence-electron chi connectivity index (χ1n) is 12.4. The SMILES string of the molecule is CN1CCCC(Oc2ccc3c(c2)OCCN(C[C@H](O)CN2CCc4ccccc4C2)C3)C1. The Morgan fingerprint density at radius 1 is 1.00 bits per heavy atom. The van der Waals surface area contributed by atoms with Crippen molar-refractivity contribution in [2.45, 2.75) is 44.6 Å². The molecule has 2 aromatic rings. The zero-order chi connectivity index (χ0) is 22.6. The van der Waals surface area contributed by atoms with Crippen molar-refractivity contribution < 1.29 is 14.6 Å². The minimum atomic E-state index is -0.372. The normalized spacial score (nSPS) is 23.2. The maximum atomic E-state index is 10.8. The van der Waals surface area contributed by atoms with Crippen molar-refractivity contribution in [2.24, 2.45) is 0 Å². The van der Waals surface area contributed by atoms with Crippen LogP contribution in [0.2, 0.25) is 0 Å². The van der Waals surface area contributed by atoms with Crippen LogP contribution in [0.1, 0.15) is 29.5 Å². The molecule has 0 saturated carbocycles. The Hall–Kier alpha value is -2.12. The number of nitrogens with zero attached hydrogens (tertiary/aromatic N) is 3. The number of fused-ring (bicyclic) bond motifs is 2. The molecule has 0 radical (unpaired) electrons. The number of hydrogen-bond acceptors (Lipinski definition) is 6. The van der Waals surface area contributed by atoms with E-state index in [0.717, 1.165) is 63.6 Å². The molecule has 33 heavy (non-hydrogen) atoms. The largest absolute Gasteiger partial charge is 0.492 e. The van der Waals surface area contributed by atoms with Gasteiger partial charge in [-0.2, -0.15) is 0 Å². The molecule has 3 aliphatic rings. The van der Waals surface area contributed by atoms with Crippen LogP contribution < -0.4 is 9.47 Å². The van der Waals surface area contributed by atoms with E-state index in [2.05, 4.69) is 64.2 Å². The number of ether oxygens (including phenoxy) is 2. The first kappa shape index (κ1) is 22.7. The summed E-state index contributed by atoms with van der Waals surface area (Å²) in [6.45, 7) is 7.69. The van der Waals surface area contributed by atoms with E-state index in [0.29, 0.717) is 19.7 Å². The van der Waals surface area contributed by atoms with E-state index in [1.807, 2.05) is 0 Å². The van der Waals surface area contributed by atoms with Crippen molar-refractivity contribution in [3.63, 3.8) is 0 Å². The van der Waals surface area contributed by atoms with E-state index in [1.54, 1.807) is 0 Å². The van der Waals surface area contributed by atoms with Crippen LogP contribution in [0.15, 0.2) is 42.5 Å². The maximum absolute atomic E-state index is 10.8. The van der Waals surface area contributed by atoms with Crippen molar-refractivity contribution in [3.8, 4) is 11.5 Å². The average Bonchev–Trinajstić information content (AvgIpc) is 3.00. The number of aliphatic hydroxyl groups is 1. The molecule has 0 bridgehead atoms. The zero-order valence-electron chi connectivity index (χ0n) is 19.8. The monoisotopic (exact) mass is 451 g/mol. The second-order valence-electron chi connectivity index (χ2n) is 9.91. The lowest BCUT2D eigenvalue weighted by molar-refractivity contribution is 0.0648. The maximum Gasteiger partial charge on any atom is 0.127 e. The molecule has 2 aromatic carbocycles. The molecule has 6 nitrogen and oxygen atoms in total. The van der Waals surface area contributed by atoms with Gasteiger partial charge in [-0.3, -0.25) is 9.80 Å². The van der Waals surface area contributed by atoms with Gasteiger partial charge in [0.2, 0.25) is 0 Å². The Labute approximate surface area is 197 Å². The van der Waals surface area contributed by atoms with Crippen LogP contribution in [-0.2, 0) is 19.5 Å². The molecule has 0 aliphatic carbocycles. The van der Waals surface area contributed by atoms with Crippen molar-refractivity contribution in [1.82, 2.24) is 14.7 Å². The number of aliphatic hydroxyl groups excluding tert-OH is 1. The van der Waals surface area contributed by atoms with Crippen LogP contribution in [0.4, 0.5) is 0 Å². The van der Waals surface area contributed by atoms with E-state index in [9.17, 15) is 5.11 Å². The van der Waals surface area contributed by atoms with Crippen LogP contribution in [0.25, 0.3) is 0 Å². The van der Waals surface area contributed by atoms with Gasteiger partial charge >= 0.3 is 0 Å². The summed E-state index contributed by atoms with van der Waals surface area (Å²) in [5, 5.41) is 10.8. The first-order chi connectivity index (χ1) is 16.1. The fourth-order valence-electron chi connectivity index (χ4n) is 5.41. The summed E-state index contributed by atoms with van der Waals surface area (Å²) in [6.07, 6.45) is 3.24. The topological polar surface area (TPSA) is 48.4 Å². The lowest BCUT2D eigenvalue weighted by Crippen LogP contribution is -2.42. The molecule has 1 N–H and O–H groups in total. The van der Waals surface area contributed by atoms with Gasteiger partial charge in [-0.25, -0.2) is 0 Å². The number of hydrogen-bond donors (Lipinski definition) is 1. The smallest absolute Gasteiger partial charge is 0.127 e. The summed E-state index contributed by atoms with van der Waals surface area (Å²) in [5.74, 6) is 1.81. The molecule has 1 saturated heterocycles. The number of rotatable bonds is 6. The van der Waals surface area contributed by atoms with Crippen molar-refractivity contribution >= 4 is 0 Å². The van der Waals surface area contributed by atoms with Gasteiger partial charge in [-0.15, -0.1) is 0 Å². The third kappa shape index (κ3) is 5.87. The predicted octanol–water partition coefficient (Wildman–Crippen LogP) is 2.77. The van der Waals surface area contributed by atoms with E-state index < -0.39 is 0 Å². The minimum Gasteiger partial charge on any atom is -0.492 e. The fraction of sp³-hybridized carbons (Fsp3) is 0.556. The Balaban J connectivity index is 1.15. The van der Waals surface area contributed by atoms with Gasteiger partial charge in [0.1, 0.15) is 24.2 Å². The highest BCUT2D eigenvalue weighted by Gasteiger charge is 2.23. The second-order valence-corrected chi connectivity index (χ2v) is 9.91. The van der Waals surface area contributed by atoms with Crippen LogP contribution >= 0.6 is 0 Å². The van der Waals surface area contributed by atoms with E-state index in [-0.39, 0.29) is 12.2 Å². The second kappa shape index (κ2) is 10.4. The van der Waals surface area contributed by atoms with Gasteiger partial charge in [0.15, 0.2) is 0 Å². The third-order valence-electron chi connectivity index (χ3n) is 7.13. The van der Waals surface area contributed by atoms with E-state index in [4.69, 9.17) is 9.47 Å². The Kier molecular flexibility index (Phi) is 7.16. The highest BCUT2D eigenvalue weighted by molar-refractivity contribution is 5.41. The standard InChI is InChI=1S/C27H37N3O3/c1-28-11-4-7-26(20-28)33-25-9-8-23-17-30(13-14-32-27(23)15-25)19-24(31)18-29-12-10-21-5-2-3-6-22(21)16-29/h2-3,5-6,8-9,15,24,26,31H,4,7,10-14,16-20H2,1H3/t24-,26?/m1/s1. The Morgan fingerprint density at radius 2 is 1.79 bits per heavy atom. The summed E-state index contributed by atoms with van der Waals surface area (Å²) < 4.78 is 12.3. The van der Waals surface area contributed by atoms with Gasteiger partial charge in [-0.05, 0) is 50.0 Å². The summed E-state index contributed by atoms with van der Waals surface area (Å²) >= 11 is 0. The summed E-state index contributed by atoms with van der Waals surface area (Å²) in [5.41, 5.74) is 4.01.